The highest BCUT2D eigenvalue weighted by atomic mass is 79.9. The fraction of sp³-hybridized carbons (Fsp3) is 0.0769. The summed E-state index contributed by atoms with van der Waals surface area (Å²) in [6, 6.07) is 8.60. The number of nitrogens with zero attached hydrogens (tertiary/aromatic N) is 1. The molecule has 2 amide bonds. The Hall–Kier alpha value is -2.08. The molecule has 1 aromatic carbocycles. The monoisotopic (exact) mass is 321 g/mol. The van der Waals surface area contributed by atoms with E-state index in [1.165, 1.54) is 12.5 Å². The zero-order chi connectivity index (χ0) is 13.7. The van der Waals surface area contributed by atoms with E-state index in [0.717, 1.165) is 10.0 Å². The van der Waals surface area contributed by atoms with Crippen LogP contribution in [0.2, 0.25) is 0 Å². The van der Waals surface area contributed by atoms with Crippen molar-refractivity contribution in [2.24, 2.45) is 5.10 Å². The van der Waals surface area contributed by atoms with Crippen LogP contribution in [0.4, 0.5) is 10.5 Å². The van der Waals surface area contributed by atoms with Crippen molar-refractivity contribution in [1.29, 1.82) is 0 Å². The van der Waals surface area contributed by atoms with E-state index in [1.54, 1.807) is 18.2 Å². The van der Waals surface area contributed by atoms with Gasteiger partial charge in [0, 0.05) is 10.2 Å². The van der Waals surface area contributed by atoms with E-state index >= 15 is 0 Å². The lowest BCUT2D eigenvalue weighted by Gasteiger charge is -2.05. The topological polar surface area (TPSA) is 66.6 Å². The van der Waals surface area contributed by atoms with Crippen LogP contribution in [0.1, 0.15) is 11.3 Å². The van der Waals surface area contributed by atoms with Crippen LogP contribution in [-0.4, -0.2) is 12.2 Å². The summed E-state index contributed by atoms with van der Waals surface area (Å²) >= 11 is 3.40. The number of furan rings is 1. The lowest BCUT2D eigenvalue weighted by Crippen LogP contribution is -2.24. The van der Waals surface area contributed by atoms with Crippen LogP contribution in [0.25, 0.3) is 0 Å². The molecule has 1 aromatic heterocycles. The second-order valence-electron chi connectivity index (χ2n) is 3.80. The van der Waals surface area contributed by atoms with E-state index < -0.39 is 6.03 Å². The van der Waals surface area contributed by atoms with Crippen molar-refractivity contribution in [2.75, 3.05) is 5.32 Å². The molecule has 19 heavy (non-hydrogen) atoms. The lowest BCUT2D eigenvalue weighted by atomic mass is 10.2. The Bertz CT molecular complexity index is 594. The third kappa shape index (κ3) is 3.96. The van der Waals surface area contributed by atoms with E-state index in [9.17, 15) is 4.79 Å². The molecule has 5 nitrogen and oxygen atoms in total. The Balaban J connectivity index is 1.89. The number of hydrogen-bond donors (Lipinski definition) is 2. The van der Waals surface area contributed by atoms with Gasteiger partial charge in [-0.1, -0.05) is 15.9 Å². The summed E-state index contributed by atoms with van der Waals surface area (Å²) in [6.07, 6.45) is 2.96. The molecule has 2 aromatic rings. The molecular weight excluding hydrogens is 310 g/mol. The van der Waals surface area contributed by atoms with Gasteiger partial charge in [0.2, 0.25) is 0 Å². The molecule has 0 aliphatic rings. The van der Waals surface area contributed by atoms with Crippen LogP contribution in [-0.2, 0) is 0 Å². The summed E-state index contributed by atoms with van der Waals surface area (Å²) in [5, 5.41) is 6.43. The summed E-state index contributed by atoms with van der Waals surface area (Å²) < 4.78 is 6.03. The molecular formula is C13H12BrN3O2. The molecule has 0 unspecified atom stereocenters. The molecule has 0 spiro atoms. The second-order valence-corrected chi connectivity index (χ2v) is 4.66. The van der Waals surface area contributed by atoms with Gasteiger partial charge in [-0.05, 0) is 42.8 Å². The third-order valence-corrected chi connectivity index (χ3v) is 3.21. The van der Waals surface area contributed by atoms with Crippen LogP contribution in [0, 0.1) is 6.92 Å². The van der Waals surface area contributed by atoms with Gasteiger partial charge < -0.3 is 9.73 Å². The molecule has 0 aliphatic heterocycles. The van der Waals surface area contributed by atoms with E-state index in [2.05, 4.69) is 31.8 Å². The summed E-state index contributed by atoms with van der Waals surface area (Å²) in [5.74, 6) is 0.569. The van der Waals surface area contributed by atoms with Crippen molar-refractivity contribution in [3.63, 3.8) is 0 Å². The predicted octanol–water partition coefficient (Wildman–Crippen LogP) is 3.51. The first kappa shape index (κ1) is 13.4. The average molecular weight is 322 g/mol. The van der Waals surface area contributed by atoms with Gasteiger partial charge in [-0.25, -0.2) is 10.2 Å². The molecule has 0 fully saturated rings. The van der Waals surface area contributed by atoms with E-state index in [1.807, 2.05) is 19.1 Å². The number of carbonyl (C=O) groups excluding carboxylic acids is 1. The predicted molar refractivity (Wildman–Crippen MR) is 77.3 cm³/mol. The first-order valence-electron chi connectivity index (χ1n) is 5.55. The van der Waals surface area contributed by atoms with E-state index in [-0.39, 0.29) is 0 Å². The van der Waals surface area contributed by atoms with Crippen LogP contribution >= 0.6 is 15.9 Å². The number of urea groups is 1. The number of halogens is 1. The SMILES string of the molecule is Cc1cc(NC(=O)N/N=C/c2ccco2)ccc1Br. The number of nitrogens with one attached hydrogen (secondary N) is 2. The Kier molecular flexibility index (Phi) is 4.35. The molecule has 2 rings (SSSR count). The highest BCUT2D eigenvalue weighted by Crippen LogP contribution is 2.19. The van der Waals surface area contributed by atoms with Gasteiger partial charge >= 0.3 is 6.03 Å². The maximum atomic E-state index is 11.6. The zero-order valence-corrected chi connectivity index (χ0v) is 11.8. The highest BCUT2D eigenvalue weighted by molar-refractivity contribution is 9.10. The number of benzene rings is 1. The van der Waals surface area contributed by atoms with Gasteiger partial charge in [0.15, 0.2) is 0 Å². The van der Waals surface area contributed by atoms with Gasteiger partial charge in [0.25, 0.3) is 0 Å². The van der Waals surface area contributed by atoms with Crippen LogP contribution in [0.15, 0.2) is 50.6 Å². The molecule has 2 N–H and O–H groups in total. The summed E-state index contributed by atoms with van der Waals surface area (Å²) in [5.41, 5.74) is 4.09. The summed E-state index contributed by atoms with van der Waals surface area (Å²) in [7, 11) is 0. The van der Waals surface area contributed by atoms with E-state index in [4.69, 9.17) is 4.42 Å². The smallest absolute Gasteiger partial charge is 0.339 e. The summed E-state index contributed by atoms with van der Waals surface area (Å²) in [4.78, 5) is 11.6. The number of hydrazone groups is 1. The normalized spacial score (nSPS) is 10.6. The quantitative estimate of drug-likeness (QED) is 0.671. The molecule has 0 radical (unpaired) electrons. The lowest BCUT2D eigenvalue weighted by molar-refractivity contribution is 0.252. The van der Waals surface area contributed by atoms with Gasteiger partial charge in [0.1, 0.15) is 5.76 Å². The number of anilines is 1. The third-order valence-electron chi connectivity index (χ3n) is 2.32. The van der Waals surface area contributed by atoms with Gasteiger partial charge in [0.05, 0.1) is 12.5 Å². The Morgan fingerprint density at radius 1 is 1.42 bits per heavy atom. The minimum Gasteiger partial charge on any atom is -0.463 e. The van der Waals surface area contributed by atoms with Crippen LogP contribution in [0.3, 0.4) is 0 Å². The van der Waals surface area contributed by atoms with Crippen molar-refractivity contribution in [2.45, 2.75) is 6.92 Å². The van der Waals surface area contributed by atoms with Crippen LogP contribution < -0.4 is 10.7 Å². The number of amides is 2. The van der Waals surface area contributed by atoms with Crippen molar-refractivity contribution >= 4 is 33.9 Å². The molecule has 0 bridgehead atoms. The van der Waals surface area contributed by atoms with Crippen molar-refractivity contribution in [3.8, 4) is 0 Å². The largest absolute Gasteiger partial charge is 0.463 e. The zero-order valence-electron chi connectivity index (χ0n) is 10.2. The second kappa shape index (κ2) is 6.19. The average Bonchev–Trinajstić information content (AvgIpc) is 2.87. The van der Waals surface area contributed by atoms with Gasteiger partial charge in [-0.2, -0.15) is 5.10 Å². The standard InChI is InChI=1S/C13H12BrN3O2/c1-9-7-10(4-5-12(9)14)16-13(18)17-15-8-11-3-2-6-19-11/h2-8H,1H3,(H2,16,17,18)/b15-8+. The highest BCUT2D eigenvalue weighted by Gasteiger charge is 2.01. The Labute approximate surface area is 118 Å². The molecule has 98 valence electrons. The Morgan fingerprint density at radius 2 is 2.26 bits per heavy atom. The molecule has 6 heteroatoms. The Morgan fingerprint density at radius 3 is 2.95 bits per heavy atom. The maximum absolute atomic E-state index is 11.6. The fourth-order valence-electron chi connectivity index (χ4n) is 1.40. The maximum Gasteiger partial charge on any atom is 0.339 e. The molecule has 0 saturated heterocycles. The first-order valence-corrected chi connectivity index (χ1v) is 6.34. The fourth-order valence-corrected chi connectivity index (χ4v) is 1.65. The molecule has 0 saturated carbocycles. The first-order chi connectivity index (χ1) is 9.15. The minimum atomic E-state index is -0.412. The minimum absolute atomic E-state index is 0.412. The molecule has 0 atom stereocenters. The van der Waals surface area contributed by atoms with Crippen LogP contribution in [0.5, 0.6) is 0 Å². The van der Waals surface area contributed by atoms with Crippen molar-refractivity contribution in [1.82, 2.24) is 5.43 Å². The number of carbonyl (C=O) groups is 1. The number of hydrogen-bond acceptors (Lipinski definition) is 3. The summed E-state index contributed by atoms with van der Waals surface area (Å²) in [6.45, 7) is 1.95. The number of rotatable bonds is 3. The van der Waals surface area contributed by atoms with E-state index in [0.29, 0.717) is 11.4 Å². The van der Waals surface area contributed by atoms with Crippen molar-refractivity contribution in [3.05, 3.63) is 52.4 Å². The van der Waals surface area contributed by atoms with Gasteiger partial charge in [-0.15, -0.1) is 0 Å². The van der Waals surface area contributed by atoms with Crippen molar-refractivity contribution < 1.29 is 9.21 Å². The number of aryl methyl sites for hydroxylation is 1. The molecule has 0 aliphatic carbocycles. The molecule has 1 heterocycles. The van der Waals surface area contributed by atoms with Gasteiger partial charge in [-0.3, -0.25) is 0 Å².